The molecule has 10 heteroatoms. The van der Waals surface area contributed by atoms with Crippen molar-refractivity contribution < 1.29 is 27.9 Å². The molecule has 3 N–H and O–H groups in total. The monoisotopic (exact) mass is 359 g/mol. The Morgan fingerprint density at radius 1 is 1.50 bits per heavy atom. The molecular weight excluding hydrogens is 338 g/mol. The normalized spacial score (nSPS) is 18.5. The third-order valence-electron chi connectivity index (χ3n) is 3.85. The summed E-state index contributed by atoms with van der Waals surface area (Å²) < 4.78 is 31.3. The number of nitrogens with zero attached hydrogens (tertiary/aromatic N) is 1. The molecule has 0 aromatic carbocycles. The first-order chi connectivity index (χ1) is 11.3. The molecule has 0 aliphatic carbocycles. The number of aliphatic carboxylic acids is 1. The number of hydrogen-bond acceptors (Lipinski definition) is 5. The fraction of sp³-hybridized carbons (Fsp3) is 0.571. The summed E-state index contributed by atoms with van der Waals surface area (Å²) >= 11 is 0. The molecule has 0 spiro atoms. The minimum absolute atomic E-state index is 0.0475. The first-order valence-corrected chi connectivity index (χ1v) is 9.02. The summed E-state index contributed by atoms with van der Waals surface area (Å²) in [6, 6.07) is 1.25. The lowest BCUT2D eigenvalue weighted by molar-refractivity contribution is -0.143. The molecule has 1 aliphatic heterocycles. The lowest BCUT2D eigenvalue weighted by Crippen LogP contribution is -2.42. The Balaban J connectivity index is 2.06. The molecule has 1 aromatic heterocycles. The van der Waals surface area contributed by atoms with Gasteiger partial charge in [-0.2, -0.15) is 0 Å². The number of amides is 1. The van der Waals surface area contributed by atoms with E-state index in [4.69, 9.17) is 9.84 Å². The van der Waals surface area contributed by atoms with Crippen LogP contribution in [0.1, 0.15) is 23.3 Å². The molecule has 1 unspecified atom stereocenters. The number of hydrogen-bond donors (Lipinski definition) is 3. The Bertz CT molecular complexity index is 699. The summed E-state index contributed by atoms with van der Waals surface area (Å²) in [5.74, 6) is -1.92. The van der Waals surface area contributed by atoms with Gasteiger partial charge in [0, 0.05) is 32.9 Å². The predicted octanol–water partition coefficient (Wildman–Crippen LogP) is -0.124. The Kier molecular flexibility index (Phi) is 5.97. The Morgan fingerprint density at radius 2 is 2.25 bits per heavy atom. The van der Waals surface area contributed by atoms with Gasteiger partial charge in [0.2, 0.25) is 10.0 Å². The average molecular weight is 359 g/mol. The molecule has 1 saturated heterocycles. The van der Waals surface area contributed by atoms with Gasteiger partial charge in [-0.1, -0.05) is 0 Å². The maximum absolute atomic E-state index is 12.4. The zero-order valence-electron chi connectivity index (χ0n) is 13.3. The highest BCUT2D eigenvalue weighted by molar-refractivity contribution is 7.89. The first-order valence-electron chi connectivity index (χ1n) is 7.54. The van der Waals surface area contributed by atoms with Crippen molar-refractivity contribution in [3.05, 3.63) is 18.0 Å². The largest absolute Gasteiger partial charge is 0.481 e. The van der Waals surface area contributed by atoms with Gasteiger partial charge in [-0.3, -0.25) is 9.59 Å². The topological polar surface area (TPSA) is 129 Å². The van der Waals surface area contributed by atoms with E-state index in [0.717, 1.165) is 0 Å². The summed E-state index contributed by atoms with van der Waals surface area (Å²) in [6.07, 6.45) is 2.38. The molecule has 2 heterocycles. The summed E-state index contributed by atoms with van der Waals surface area (Å²) in [7, 11) is -2.26. The quantitative estimate of drug-likeness (QED) is 0.582. The number of rotatable bonds is 7. The van der Waals surface area contributed by atoms with E-state index < -0.39 is 27.8 Å². The Morgan fingerprint density at radius 3 is 2.92 bits per heavy atom. The lowest BCUT2D eigenvalue weighted by atomic mass is 9.98. The maximum atomic E-state index is 12.4. The molecule has 1 aromatic rings. The highest BCUT2D eigenvalue weighted by Crippen LogP contribution is 2.19. The number of carbonyl (C=O) groups excluding carboxylic acids is 1. The second-order valence-corrected chi connectivity index (χ2v) is 7.34. The Hall–Kier alpha value is -1.91. The number of nitrogens with one attached hydrogen (secondary N) is 2. The van der Waals surface area contributed by atoms with Crippen LogP contribution in [-0.4, -0.2) is 68.6 Å². The van der Waals surface area contributed by atoms with E-state index >= 15 is 0 Å². The third-order valence-corrected chi connectivity index (χ3v) is 5.29. The number of aromatic amines is 1. The zero-order valence-corrected chi connectivity index (χ0v) is 14.1. The summed E-state index contributed by atoms with van der Waals surface area (Å²) in [5, 5.41) is 9.08. The lowest BCUT2D eigenvalue weighted by Gasteiger charge is -2.30. The van der Waals surface area contributed by atoms with Crippen molar-refractivity contribution in [2.45, 2.75) is 17.7 Å². The third kappa shape index (κ3) is 4.34. The van der Waals surface area contributed by atoms with Crippen LogP contribution >= 0.6 is 0 Å². The van der Waals surface area contributed by atoms with E-state index in [1.54, 1.807) is 0 Å². The number of methoxy groups -OCH3 is 1. The van der Waals surface area contributed by atoms with Gasteiger partial charge in [-0.25, -0.2) is 13.1 Å². The van der Waals surface area contributed by atoms with Crippen LogP contribution in [0.2, 0.25) is 0 Å². The molecule has 0 bridgehead atoms. The van der Waals surface area contributed by atoms with E-state index in [-0.39, 0.29) is 30.3 Å². The average Bonchev–Trinajstić information content (AvgIpc) is 3.05. The van der Waals surface area contributed by atoms with Crippen molar-refractivity contribution >= 4 is 21.9 Å². The number of H-pyrrole nitrogens is 1. The van der Waals surface area contributed by atoms with Gasteiger partial charge in [0.05, 0.1) is 12.5 Å². The van der Waals surface area contributed by atoms with E-state index in [1.165, 1.54) is 24.3 Å². The van der Waals surface area contributed by atoms with Crippen molar-refractivity contribution in [2.24, 2.45) is 5.92 Å². The minimum atomic E-state index is -3.73. The van der Waals surface area contributed by atoms with Crippen molar-refractivity contribution in [3.63, 3.8) is 0 Å². The van der Waals surface area contributed by atoms with Crippen LogP contribution in [-0.2, 0) is 19.6 Å². The maximum Gasteiger partial charge on any atom is 0.308 e. The molecular formula is C14H21N3O6S. The number of ether oxygens (including phenoxy) is 1. The molecule has 9 nitrogen and oxygen atoms in total. The van der Waals surface area contributed by atoms with Gasteiger partial charge in [0.15, 0.2) is 0 Å². The highest BCUT2D eigenvalue weighted by atomic mass is 32.2. The molecule has 0 saturated carbocycles. The SMILES string of the molecule is COCCNS(=O)(=O)c1c[nH]c(C(=O)N2CCCC(C(=O)O)C2)c1. The van der Waals surface area contributed by atoms with Crippen LogP contribution in [0.25, 0.3) is 0 Å². The summed E-state index contributed by atoms with van der Waals surface area (Å²) in [6.45, 7) is 0.941. The second-order valence-electron chi connectivity index (χ2n) is 5.57. The molecule has 134 valence electrons. The molecule has 24 heavy (non-hydrogen) atoms. The van der Waals surface area contributed by atoms with Gasteiger partial charge in [0.25, 0.3) is 5.91 Å². The van der Waals surface area contributed by atoms with E-state index in [0.29, 0.717) is 19.4 Å². The fourth-order valence-electron chi connectivity index (χ4n) is 2.55. The van der Waals surface area contributed by atoms with E-state index in [1.807, 2.05) is 0 Å². The number of likely N-dealkylation sites (tertiary alicyclic amines) is 1. The van der Waals surface area contributed by atoms with Gasteiger partial charge < -0.3 is 19.7 Å². The van der Waals surface area contributed by atoms with Crippen LogP contribution in [0.15, 0.2) is 17.2 Å². The van der Waals surface area contributed by atoms with Crippen molar-refractivity contribution in [1.29, 1.82) is 0 Å². The van der Waals surface area contributed by atoms with Crippen molar-refractivity contribution in [1.82, 2.24) is 14.6 Å². The number of carboxylic acids is 1. The standard InChI is InChI=1S/C14H21N3O6S/c1-23-6-4-16-24(21,22)11-7-12(15-8-11)13(18)17-5-2-3-10(9-17)14(19)20/h7-8,10,15-16H,2-6,9H2,1H3,(H,19,20). The molecule has 1 aliphatic rings. The Labute approximate surface area is 140 Å². The van der Waals surface area contributed by atoms with Crippen LogP contribution in [0.5, 0.6) is 0 Å². The smallest absolute Gasteiger partial charge is 0.308 e. The number of sulfonamides is 1. The van der Waals surface area contributed by atoms with Crippen LogP contribution in [0, 0.1) is 5.92 Å². The van der Waals surface area contributed by atoms with E-state index in [2.05, 4.69) is 9.71 Å². The number of piperidine rings is 1. The van der Waals surface area contributed by atoms with Crippen LogP contribution < -0.4 is 4.72 Å². The number of carboxylic acid groups (broad SMARTS) is 1. The molecule has 2 rings (SSSR count). The molecule has 1 fully saturated rings. The summed E-state index contributed by atoms with van der Waals surface area (Å²) in [4.78, 5) is 27.6. The van der Waals surface area contributed by atoms with Gasteiger partial charge in [-0.05, 0) is 18.9 Å². The van der Waals surface area contributed by atoms with Gasteiger partial charge in [-0.15, -0.1) is 0 Å². The second kappa shape index (κ2) is 7.77. The van der Waals surface area contributed by atoms with Crippen LogP contribution in [0.3, 0.4) is 0 Å². The van der Waals surface area contributed by atoms with E-state index in [9.17, 15) is 18.0 Å². The van der Waals surface area contributed by atoms with Crippen molar-refractivity contribution in [3.8, 4) is 0 Å². The number of carbonyl (C=O) groups is 2. The highest BCUT2D eigenvalue weighted by Gasteiger charge is 2.29. The molecule has 1 amide bonds. The summed E-state index contributed by atoms with van der Waals surface area (Å²) in [5.41, 5.74) is 0.119. The zero-order chi connectivity index (χ0) is 17.7. The van der Waals surface area contributed by atoms with Crippen molar-refractivity contribution in [2.75, 3.05) is 33.4 Å². The minimum Gasteiger partial charge on any atom is -0.481 e. The molecule has 0 radical (unpaired) electrons. The van der Waals surface area contributed by atoms with Crippen LogP contribution in [0.4, 0.5) is 0 Å². The molecule has 1 atom stereocenters. The van der Waals surface area contributed by atoms with Gasteiger partial charge >= 0.3 is 5.97 Å². The predicted molar refractivity (Wildman–Crippen MR) is 84.1 cm³/mol. The number of aromatic nitrogens is 1. The first kappa shape index (κ1) is 18.4. The fourth-order valence-corrected chi connectivity index (χ4v) is 3.55. The van der Waals surface area contributed by atoms with Gasteiger partial charge in [0.1, 0.15) is 10.6 Å².